The van der Waals surface area contributed by atoms with Crippen LogP contribution in [0, 0.1) is 6.92 Å². The lowest BCUT2D eigenvalue weighted by Crippen LogP contribution is -2.40. The number of rotatable bonds is 5. The Morgan fingerprint density at radius 2 is 1.62 bits per heavy atom. The maximum absolute atomic E-state index is 13.0. The zero-order chi connectivity index (χ0) is 24.6. The first kappa shape index (κ1) is 23.6. The number of pyridine rings is 1. The van der Waals surface area contributed by atoms with Crippen molar-refractivity contribution in [1.29, 1.82) is 0 Å². The van der Waals surface area contributed by atoms with E-state index in [2.05, 4.69) is 24.4 Å². The second-order valence-corrected chi connectivity index (χ2v) is 10.2. The number of amides is 1. The molecule has 0 unspecified atom stereocenters. The first-order chi connectivity index (χ1) is 16.1. The summed E-state index contributed by atoms with van der Waals surface area (Å²) >= 11 is 1.31. The Balaban J connectivity index is 1.98. The summed E-state index contributed by atoms with van der Waals surface area (Å²) in [6, 6.07) is 16.0. The summed E-state index contributed by atoms with van der Waals surface area (Å²) < 4.78 is 10.9. The van der Waals surface area contributed by atoms with Crippen LogP contribution in [0.15, 0.2) is 48.5 Å². The summed E-state index contributed by atoms with van der Waals surface area (Å²) in [6.07, 6.45) is 0. The highest BCUT2D eigenvalue weighted by molar-refractivity contribution is 7.21. The van der Waals surface area contributed by atoms with Crippen LogP contribution in [0.3, 0.4) is 0 Å². The van der Waals surface area contributed by atoms with Gasteiger partial charge in [-0.25, -0.2) is 4.98 Å². The molecule has 2 aromatic heterocycles. The van der Waals surface area contributed by atoms with Crippen molar-refractivity contribution < 1.29 is 14.3 Å². The Morgan fingerprint density at radius 3 is 2.24 bits per heavy atom. The van der Waals surface area contributed by atoms with Crippen molar-refractivity contribution in [3.05, 3.63) is 59.0 Å². The fourth-order valence-corrected chi connectivity index (χ4v) is 4.81. The number of aryl methyl sites for hydroxylation is 1. The molecule has 2 aromatic carbocycles. The van der Waals surface area contributed by atoms with E-state index in [0.29, 0.717) is 26.9 Å². The number of nitrogens with zero attached hydrogens (tertiary/aromatic N) is 1. The van der Waals surface area contributed by atoms with Gasteiger partial charge in [0.2, 0.25) is 0 Å². The normalized spacial score (nSPS) is 11.5. The Bertz CT molecular complexity index is 1370. The van der Waals surface area contributed by atoms with Crippen molar-refractivity contribution in [2.75, 3.05) is 20.0 Å². The lowest BCUT2D eigenvalue weighted by molar-refractivity contribution is 0.0924. The third-order valence-electron chi connectivity index (χ3n) is 5.44. The van der Waals surface area contributed by atoms with Gasteiger partial charge < -0.3 is 20.5 Å². The van der Waals surface area contributed by atoms with Gasteiger partial charge in [-0.1, -0.05) is 35.9 Å². The molecule has 0 spiro atoms. The summed E-state index contributed by atoms with van der Waals surface area (Å²) in [4.78, 5) is 19.1. The molecule has 0 aliphatic carbocycles. The zero-order valence-electron chi connectivity index (χ0n) is 20.3. The van der Waals surface area contributed by atoms with Gasteiger partial charge >= 0.3 is 0 Å². The van der Waals surface area contributed by atoms with Crippen molar-refractivity contribution >= 4 is 33.1 Å². The molecular weight excluding hydrogens is 446 g/mol. The molecule has 6 nitrogen and oxygen atoms in total. The number of hydrogen-bond donors (Lipinski definition) is 2. The van der Waals surface area contributed by atoms with Gasteiger partial charge in [0.15, 0.2) is 11.5 Å². The predicted molar refractivity (Wildman–Crippen MR) is 140 cm³/mol. The Morgan fingerprint density at radius 1 is 0.971 bits per heavy atom. The molecule has 4 aromatic rings. The third kappa shape index (κ3) is 4.56. The van der Waals surface area contributed by atoms with E-state index >= 15 is 0 Å². The van der Waals surface area contributed by atoms with Crippen LogP contribution in [0.25, 0.3) is 32.6 Å². The van der Waals surface area contributed by atoms with Crippen molar-refractivity contribution in [1.82, 2.24) is 10.3 Å². The summed E-state index contributed by atoms with van der Waals surface area (Å²) in [6.45, 7) is 7.88. The smallest absolute Gasteiger partial charge is 0.263 e. The number of aromatic nitrogens is 1. The maximum Gasteiger partial charge on any atom is 0.263 e. The molecule has 0 saturated heterocycles. The summed E-state index contributed by atoms with van der Waals surface area (Å²) in [7, 11) is 3.21. The van der Waals surface area contributed by atoms with E-state index in [9.17, 15) is 4.79 Å². The second-order valence-electron chi connectivity index (χ2n) is 9.22. The Kier molecular flexibility index (Phi) is 6.23. The average Bonchev–Trinajstić information content (AvgIpc) is 3.14. The van der Waals surface area contributed by atoms with Crippen LogP contribution in [0.5, 0.6) is 11.5 Å². The molecule has 176 valence electrons. The van der Waals surface area contributed by atoms with Gasteiger partial charge in [-0.3, -0.25) is 4.79 Å². The van der Waals surface area contributed by atoms with Gasteiger partial charge in [-0.15, -0.1) is 11.3 Å². The minimum absolute atomic E-state index is 0.205. The predicted octanol–water partition coefficient (Wildman–Crippen LogP) is 6.07. The first-order valence-corrected chi connectivity index (χ1v) is 11.8. The fraction of sp³-hybridized carbons (Fsp3) is 0.259. The quantitative estimate of drug-likeness (QED) is 0.366. The maximum atomic E-state index is 13.0. The molecule has 2 heterocycles. The standard InChI is InChI=1S/C27H29N3O3S/c1-15-7-9-16(10-8-15)19-14-18(17-11-12-20(32-5)21(13-17)33-6)22-23(28)24(34-26(22)29-19)25(31)30-27(2,3)4/h7-14H,28H2,1-6H3,(H,30,31). The number of carbonyl (C=O) groups excluding carboxylic acids is 1. The zero-order valence-corrected chi connectivity index (χ0v) is 21.1. The highest BCUT2D eigenvalue weighted by Crippen LogP contribution is 2.43. The van der Waals surface area contributed by atoms with Crippen molar-refractivity contribution in [3.63, 3.8) is 0 Å². The molecule has 0 radical (unpaired) electrons. The van der Waals surface area contributed by atoms with Crippen molar-refractivity contribution in [2.45, 2.75) is 33.2 Å². The minimum atomic E-state index is -0.383. The molecule has 0 fully saturated rings. The monoisotopic (exact) mass is 475 g/mol. The largest absolute Gasteiger partial charge is 0.493 e. The van der Waals surface area contributed by atoms with E-state index in [1.165, 1.54) is 16.9 Å². The second kappa shape index (κ2) is 8.99. The first-order valence-electron chi connectivity index (χ1n) is 11.0. The number of carbonyl (C=O) groups is 1. The van der Waals surface area contributed by atoms with E-state index in [1.54, 1.807) is 14.2 Å². The van der Waals surface area contributed by atoms with Gasteiger partial charge in [0.05, 0.1) is 25.6 Å². The minimum Gasteiger partial charge on any atom is -0.493 e. The Hall–Kier alpha value is -3.58. The van der Waals surface area contributed by atoms with Crippen LogP contribution in [0.2, 0.25) is 0 Å². The number of anilines is 1. The van der Waals surface area contributed by atoms with E-state index in [1.807, 2.05) is 57.2 Å². The van der Waals surface area contributed by atoms with Crippen LogP contribution < -0.4 is 20.5 Å². The number of benzene rings is 2. The van der Waals surface area contributed by atoms with E-state index < -0.39 is 0 Å². The van der Waals surface area contributed by atoms with Crippen LogP contribution in [-0.2, 0) is 0 Å². The molecule has 4 rings (SSSR count). The summed E-state index contributed by atoms with van der Waals surface area (Å²) in [5, 5.41) is 3.77. The van der Waals surface area contributed by atoms with E-state index in [4.69, 9.17) is 20.2 Å². The highest BCUT2D eigenvalue weighted by Gasteiger charge is 2.24. The van der Waals surface area contributed by atoms with Crippen LogP contribution in [-0.4, -0.2) is 30.6 Å². The van der Waals surface area contributed by atoms with Gasteiger partial charge in [0, 0.05) is 16.5 Å². The van der Waals surface area contributed by atoms with Crippen LogP contribution in [0.4, 0.5) is 5.69 Å². The number of nitrogens with two attached hydrogens (primary N) is 1. The van der Waals surface area contributed by atoms with Crippen LogP contribution in [0.1, 0.15) is 36.0 Å². The molecule has 0 atom stereocenters. The van der Waals surface area contributed by atoms with Gasteiger partial charge in [-0.2, -0.15) is 0 Å². The number of nitrogen functional groups attached to an aromatic ring is 1. The highest BCUT2D eigenvalue weighted by atomic mass is 32.1. The lowest BCUT2D eigenvalue weighted by Gasteiger charge is -2.20. The molecule has 3 N–H and O–H groups in total. The van der Waals surface area contributed by atoms with Crippen LogP contribution >= 0.6 is 11.3 Å². The average molecular weight is 476 g/mol. The molecule has 0 aliphatic heterocycles. The van der Waals surface area contributed by atoms with Gasteiger partial charge in [-0.05, 0) is 57.0 Å². The molecule has 0 bridgehead atoms. The topological polar surface area (TPSA) is 86.5 Å². The number of nitrogens with one attached hydrogen (secondary N) is 1. The van der Waals surface area contributed by atoms with E-state index in [0.717, 1.165) is 27.8 Å². The molecular formula is C27H29N3O3S. The molecule has 7 heteroatoms. The van der Waals surface area contributed by atoms with Gasteiger partial charge in [0.25, 0.3) is 5.91 Å². The van der Waals surface area contributed by atoms with E-state index in [-0.39, 0.29) is 11.4 Å². The number of thiophene rings is 1. The molecule has 0 saturated carbocycles. The third-order valence-corrected chi connectivity index (χ3v) is 6.53. The SMILES string of the molecule is COc1ccc(-c2cc(-c3ccc(C)cc3)nc3sc(C(=O)NC(C)(C)C)c(N)c23)cc1OC. The number of hydrogen-bond acceptors (Lipinski definition) is 6. The fourth-order valence-electron chi connectivity index (χ4n) is 3.79. The molecule has 0 aliphatic rings. The number of methoxy groups -OCH3 is 2. The lowest BCUT2D eigenvalue weighted by atomic mass is 9.98. The molecule has 1 amide bonds. The summed E-state index contributed by atoms with van der Waals surface area (Å²) in [5.74, 6) is 1.04. The Labute approximate surface area is 203 Å². The van der Waals surface area contributed by atoms with Crippen molar-refractivity contribution in [2.24, 2.45) is 0 Å². The van der Waals surface area contributed by atoms with Gasteiger partial charge in [0.1, 0.15) is 9.71 Å². The van der Waals surface area contributed by atoms with Crippen molar-refractivity contribution in [3.8, 4) is 33.9 Å². The number of ether oxygens (including phenoxy) is 2. The summed E-state index contributed by atoms with van der Waals surface area (Å²) in [5.41, 5.74) is 11.4. The molecule has 34 heavy (non-hydrogen) atoms. The number of fused-ring (bicyclic) bond motifs is 1.